The van der Waals surface area contributed by atoms with Crippen LogP contribution in [0.25, 0.3) is 0 Å². The monoisotopic (exact) mass is 485 g/mol. The van der Waals surface area contributed by atoms with E-state index in [9.17, 15) is 0 Å². The Morgan fingerprint density at radius 2 is 2.07 bits per heavy atom. The minimum Gasteiger partial charge on any atom is -0.494 e. The van der Waals surface area contributed by atoms with E-state index in [0.29, 0.717) is 30.1 Å². The molecule has 1 spiro atoms. The third-order valence-electron chi connectivity index (χ3n) is 6.55. The van der Waals surface area contributed by atoms with Gasteiger partial charge in [0.15, 0.2) is 5.96 Å². The van der Waals surface area contributed by atoms with Gasteiger partial charge in [-0.05, 0) is 43.9 Å². The van der Waals surface area contributed by atoms with Gasteiger partial charge in [-0.2, -0.15) is 0 Å². The van der Waals surface area contributed by atoms with Crippen LogP contribution in [0.2, 0.25) is 0 Å². The van der Waals surface area contributed by atoms with E-state index in [1.54, 1.807) is 0 Å². The van der Waals surface area contributed by atoms with Crippen molar-refractivity contribution in [3.8, 4) is 5.75 Å². The zero-order valence-electron chi connectivity index (χ0n) is 16.6. The molecule has 0 bridgehead atoms. The molecule has 6 heteroatoms. The molecule has 3 aliphatic rings. The topological polar surface area (TPSA) is 46.1 Å². The van der Waals surface area contributed by atoms with Gasteiger partial charge in [-0.15, -0.1) is 24.0 Å². The highest BCUT2D eigenvalue weighted by Gasteiger charge is 2.66. The van der Waals surface area contributed by atoms with Gasteiger partial charge in [-0.25, -0.2) is 0 Å². The highest BCUT2D eigenvalue weighted by Crippen LogP contribution is 2.62. The van der Waals surface area contributed by atoms with Gasteiger partial charge in [0, 0.05) is 44.6 Å². The van der Waals surface area contributed by atoms with Crippen molar-refractivity contribution in [3.63, 3.8) is 0 Å². The Morgan fingerprint density at radius 1 is 1.33 bits per heavy atom. The van der Waals surface area contributed by atoms with Crippen LogP contribution in [0, 0.1) is 11.3 Å². The summed E-state index contributed by atoms with van der Waals surface area (Å²) in [4.78, 5) is 6.77. The van der Waals surface area contributed by atoms with Crippen LogP contribution in [-0.4, -0.2) is 50.3 Å². The van der Waals surface area contributed by atoms with Crippen molar-refractivity contribution in [3.05, 3.63) is 29.8 Å². The summed E-state index contributed by atoms with van der Waals surface area (Å²) in [5.41, 5.74) is 1.63. The van der Waals surface area contributed by atoms with E-state index in [-0.39, 0.29) is 24.0 Å². The van der Waals surface area contributed by atoms with Gasteiger partial charge in [0.2, 0.25) is 0 Å². The largest absolute Gasteiger partial charge is 0.494 e. The first-order valence-corrected chi connectivity index (χ1v) is 9.96. The maximum Gasteiger partial charge on any atom is 0.193 e. The fourth-order valence-corrected chi connectivity index (χ4v) is 5.15. The number of halogens is 1. The number of aliphatic imine (C=N–C) groups is 1. The number of rotatable bonds is 5. The summed E-state index contributed by atoms with van der Waals surface area (Å²) < 4.78 is 11.6. The van der Waals surface area contributed by atoms with E-state index in [1.807, 2.05) is 26.1 Å². The minimum absolute atomic E-state index is 0. The molecule has 1 N–H and O–H groups in total. The van der Waals surface area contributed by atoms with Crippen molar-refractivity contribution in [2.45, 2.75) is 51.3 Å². The molecule has 3 fully saturated rings. The fourth-order valence-electron chi connectivity index (χ4n) is 5.15. The molecule has 0 aromatic heterocycles. The minimum atomic E-state index is 0. The Morgan fingerprint density at radius 3 is 2.67 bits per heavy atom. The zero-order valence-corrected chi connectivity index (χ0v) is 18.9. The quantitative estimate of drug-likeness (QED) is 0.393. The van der Waals surface area contributed by atoms with Crippen LogP contribution < -0.4 is 10.1 Å². The number of fused-ring (bicyclic) bond motifs is 2. The van der Waals surface area contributed by atoms with Crippen LogP contribution >= 0.6 is 24.0 Å². The molecule has 1 saturated heterocycles. The van der Waals surface area contributed by atoms with Gasteiger partial charge < -0.3 is 19.7 Å². The molecule has 2 saturated carbocycles. The van der Waals surface area contributed by atoms with E-state index >= 15 is 0 Å². The second-order valence-corrected chi connectivity index (χ2v) is 7.93. The van der Waals surface area contributed by atoms with Gasteiger partial charge >= 0.3 is 0 Å². The number of benzene rings is 1. The number of hydrogen-bond donors (Lipinski definition) is 1. The molecule has 3 unspecified atom stereocenters. The molecule has 150 valence electrons. The van der Waals surface area contributed by atoms with Crippen LogP contribution in [0.15, 0.2) is 29.3 Å². The van der Waals surface area contributed by atoms with Crippen molar-refractivity contribution < 1.29 is 9.47 Å². The smallest absolute Gasteiger partial charge is 0.193 e. The lowest BCUT2D eigenvalue weighted by molar-refractivity contribution is -0.171. The number of nitrogens with zero attached hydrogens (tertiary/aromatic N) is 2. The number of hydrogen-bond acceptors (Lipinski definition) is 3. The Kier molecular flexibility index (Phi) is 6.56. The summed E-state index contributed by atoms with van der Waals surface area (Å²) in [5, 5.41) is 3.79. The first-order valence-electron chi connectivity index (χ1n) is 9.96. The molecule has 1 aliphatic heterocycles. The Bertz CT molecular complexity index is 660. The third-order valence-corrected chi connectivity index (χ3v) is 6.55. The zero-order chi connectivity index (χ0) is 18.1. The third kappa shape index (κ3) is 3.67. The summed E-state index contributed by atoms with van der Waals surface area (Å²) in [6, 6.07) is 8.86. The maximum atomic E-state index is 6.04. The summed E-state index contributed by atoms with van der Waals surface area (Å²) in [6.45, 7) is 4.46. The van der Waals surface area contributed by atoms with Crippen LogP contribution in [-0.2, 0) is 11.3 Å². The first kappa shape index (κ1) is 20.7. The Balaban J connectivity index is 0.00000210. The normalized spacial score (nSPS) is 27.8. The maximum absolute atomic E-state index is 6.04. The standard InChI is InChI=1S/C21H31N3O2.HI/c1-4-25-16-8-6-15(7-9-16)14-24(3)20(22-2)23-18-17-10-13-26-19(17)21(18)11-5-12-21;/h6-9,17-19H,4-5,10-14H2,1-3H3,(H,22,23);1H. The van der Waals surface area contributed by atoms with Crippen molar-refractivity contribution in [2.75, 3.05) is 27.3 Å². The Labute approximate surface area is 179 Å². The molecule has 1 aromatic carbocycles. The second kappa shape index (κ2) is 8.55. The average Bonchev–Trinajstić information content (AvgIpc) is 3.01. The molecule has 2 aliphatic carbocycles. The lowest BCUT2D eigenvalue weighted by atomic mass is 9.46. The predicted octanol–water partition coefficient (Wildman–Crippen LogP) is 3.67. The summed E-state index contributed by atoms with van der Waals surface area (Å²) in [7, 11) is 3.99. The van der Waals surface area contributed by atoms with Crippen molar-refractivity contribution in [1.82, 2.24) is 10.2 Å². The van der Waals surface area contributed by atoms with E-state index in [4.69, 9.17) is 9.47 Å². The molecular formula is C21H32IN3O2. The number of nitrogens with one attached hydrogen (secondary N) is 1. The van der Waals surface area contributed by atoms with E-state index in [0.717, 1.165) is 24.9 Å². The van der Waals surface area contributed by atoms with Gasteiger partial charge in [0.25, 0.3) is 0 Å². The number of ether oxygens (including phenoxy) is 2. The van der Waals surface area contributed by atoms with Gasteiger partial charge in [-0.3, -0.25) is 4.99 Å². The summed E-state index contributed by atoms with van der Waals surface area (Å²) >= 11 is 0. The lowest BCUT2D eigenvalue weighted by Gasteiger charge is -2.63. The van der Waals surface area contributed by atoms with Gasteiger partial charge in [0.1, 0.15) is 5.75 Å². The lowest BCUT2D eigenvalue weighted by Crippen LogP contribution is -2.72. The van der Waals surface area contributed by atoms with Crippen LogP contribution in [0.5, 0.6) is 5.75 Å². The molecule has 1 heterocycles. The van der Waals surface area contributed by atoms with Crippen molar-refractivity contribution in [1.29, 1.82) is 0 Å². The number of guanidine groups is 1. The average molecular weight is 485 g/mol. The molecule has 0 radical (unpaired) electrons. The molecule has 3 atom stereocenters. The van der Waals surface area contributed by atoms with Crippen molar-refractivity contribution in [2.24, 2.45) is 16.3 Å². The van der Waals surface area contributed by atoms with Crippen LogP contribution in [0.4, 0.5) is 0 Å². The van der Waals surface area contributed by atoms with Gasteiger partial charge in [0.05, 0.1) is 12.7 Å². The molecule has 4 rings (SSSR count). The first-order chi connectivity index (χ1) is 12.7. The molecule has 0 amide bonds. The molecule has 1 aromatic rings. The fraction of sp³-hybridized carbons (Fsp3) is 0.667. The van der Waals surface area contributed by atoms with E-state index in [2.05, 4.69) is 34.4 Å². The van der Waals surface area contributed by atoms with Crippen LogP contribution in [0.3, 0.4) is 0 Å². The molecule has 27 heavy (non-hydrogen) atoms. The molecular weight excluding hydrogens is 453 g/mol. The highest BCUT2D eigenvalue weighted by molar-refractivity contribution is 14.0. The van der Waals surface area contributed by atoms with Gasteiger partial charge in [-0.1, -0.05) is 18.6 Å². The van der Waals surface area contributed by atoms with Crippen molar-refractivity contribution >= 4 is 29.9 Å². The SMILES string of the molecule is CCOc1ccc(CN(C)C(=NC)NC2C3CCOC3C23CCC3)cc1.I. The van der Waals surface area contributed by atoms with E-state index in [1.165, 1.54) is 31.2 Å². The highest BCUT2D eigenvalue weighted by atomic mass is 127. The Hall–Kier alpha value is -1.02. The predicted molar refractivity (Wildman–Crippen MR) is 119 cm³/mol. The van der Waals surface area contributed by atoms with Crippen LogP contribution in [0.1, 0.15) is 38.2 Å². The second-order valence-electron chi connectivity index (χ2n) is 7.93. The summed E-state index contributed by atoms with van der Waals surface area (Å²) in [5.74, 6) is 2.57. The summed E-state index contributed by atoms with van der Waals surface area (Å²) in [6.07, 6.45) is 5.61. The molecule has 5 nitrogen and oxygen atoms in total. The van der Waals surface area contributed by atoms with E-state index < -0.39 is 0 Å².